The summed E-state index contributed by atoms with van der Waals surface area (Å²) in [5.74, 6) is 0.278. The zero-order chi connectivity index (χ0) is 20.2. The van der Waals surface area contributed by atoms with E-state index in [2.05, 4.69) is 17.1 Å². The predicted molar refractivity (Wildman–Crippen MR) is 116 cm³/mol. The Morgan fingerprint density at radius 2 is 1.62 bits per heavy atom. The molecular weight excluding hydrogens is 362 g/mol. The van der Waals surface area contributed by atoms with Crippen molar-refractivity contribution in [2.24, 2.45) is 5.92 Å². The molecule has 2 saturated heterocycles. The van der Waals surface area contributed by atoms with E-state index >= 15 is 0 Å². The number of carbonyl (C=O) groups excluding carboxylic acids is 2. The number of carbonyl (C=O) groups is 2. The van der Waals surface area contributed by atoms with Crippen molar-refractivity contribution in [3.63, 3.8) is 0 Å². The van der Waals surface area contributed by atoms with Gasteiger partial charge in [-0.1, -0.05) is 43.3 Å². The maximum Gasteiger partial charge on any atom is 0.254 e. The molecule has 2 fully saturated rings. The van der Waals surface area contributed by atoms with Crippen LogP contribution in [0.3, 0.4) is 0 Å². The van der Waals surface area contributed by atoms with Crippen LogP contribution in [0.15, 0.2) is 42.5 Å². The van der Waals surface area contributed by atoms with Crippen LogP contribution < -0.4 is 5.32 Å². The molecule has 0 atom stereocenters. The molecule has 4 rings (SSSR count). The van der Waals surface area contributed by atoms with Crippen LogP contribution in [0.1, 0.15) is 43.0 Å². The van der Waals surface area contributed by atoms with E-state index in [0.29, 0.717) is 19.1 Å². The zero-order valence-corrected chi connectivity index (χ0v) is 17.3. The molecule has 2 aliphatic heterocycles. The summed E-state index contributed by atoms with van der Waals surface area (Å²) >= 11 is 0. The molecule has 0 aliphatic carbocycles. The second-order valence-electron chi connectivity index (χ2n) is 8.31. The van der Waals surface area contributed by atoms with E-state index in [0.717, 1.165) is 61.7 Å². The molecule has 5 nitrogen and oxygen atoms in total. The van der Waals surface area contributed by atoms with Gasteiger partial charge in [-0.2, -0.15) is 0 Å². The van der Waals surface area contributed by atoms with Gasteiger partial charge in [0.15, 0.2) is 0 Å². The number of nitrogens with one attached hydrogen (secondary N) is 1. The third kappa shape index (κ3) is 4.45. The van der Waals surface area contributed by atoms with Gasteiger partial charge < -0.3 is 15.1 Å². The quantitative estimate of drug-likeness (QED) is 0.867. The Labute approximate surface area is 173 Å². The maximum atomic E-state index is 13.1. The average molecular weight is 394 g/mol. The van der Waals surface area contributed by atoms with Crippen LogP contribution in [-0.4, -0.2) is 60.4 Å². The van der Waals surface area contributed by atoms with E-state index in [9.17, 15) is 9.59 Å². The third-order valence-electron chi connectivity index (χ3n) is 6.55. The summed E-state index contributed by atoms with van der Waals surface area (Å²) in [6.45, 7) is 6.71. The molecule has 0 aromatic heterocycles. The van der Waals surface area contributed by atoms with Crippen molar-refractivity contribution in [2.45, 2.75) is 38.6 Å². The number of benzene rings is 2. The standard InChI is InChI=1S/C24H31N3O2/c1-2-26-14-12-20(13-15-26)25-23(28)19-10-16-27(17-11-19)24(29)22-9-5-7-18-6-3-4-8-21(18)22/h3-9,19-20H,2,10-17H2,1H3,(H,25,28). The zero-order valence-electron chi connectivity index (χ0n) is 17.3. The summed E-state index contributed by atoms with van der Waals surface area (Å²) in [6, 6.07) is 14.2. The van der Waals surface area contributed by atoms with E-state index < -0.39 is 0 Å². The highest BCUT2D eigenvalue weighted by Gasteiger charge is 2.30. The number of hydrogen-bond donors (Lipinski definition) is 1. The van der Waals surface area contributed by atoms with Crippen molar-refractivity contribution in [1.82, 2.24) is 15.1 Å². The Balaban J connectivity index is 1.32. The molecule has 0 radical (unpaired) electrons. The third-order valence-corrected chi connectivity index (χ3v) is 6.55. The summed E-state index contributed by atoms with van der Waals surface area (Å²) in [4.78, 5) is 30.1. The van der Waals surface area contributed by atoms with Crippen molar-refractivity contribution in [3.05, 3.63) is 48.0 Å². The molecule has 0 spiro atoms. The second kappa shape index (κ2) is 8.95. The lowest BCUT2D eigenvalue weighted by Gasteiger charge is -2.34. The molecule has 0 unspecified atom stereocenters. The summed E-state index contributed by atoms with van der Waals surface area (Å²) in [6.07, 6.45) is 3.57. The van der Waals surface area contributed by atoms with Crippen molar-refractivity contribution in [3.8, 4) is 0 Å². The van der Waals surface area contributed by atoms with Gasteiger partial charge in [-0.3, -0.25) is 9.59 Å². The molecule has 2 aromatic rings. The first-order valence-electron chi connectivity index (χ1n) is 11.0. The van der Waals surface area contributed by atoms with Crippen LogP contribution in [-0.2, 0) is 4.79 Å². The fourth-order valence-electron chi connectivity index (χ4n) is 4.64. The SMILES string of the molecule is CCN1CCC(NC(=O)C2CCN(C(=O)c3cccc4ccccc34)CC2)CC1. The topological polar surface area (TPSA) is 52.7 Å². The molecule has 2 amide bonds. The molecule has 5 heteroatoms. The summed E-state index contributed by atoms with van der Waals surface area (Å²) in [7, 11) is 0. The summed E-state index contributed by atoms with van der Waals surface area (Å²) in [5.41, 5.74) is 0.758. The van der Waals surface area contributed by atoms with Crippen LogP contribution in [0.2, 0.25) is 0 Å². The molecule has 154 valence electrons. The highest BCUT2D eigenvalue weighted by Crippen LogP contribution is 2.24. The molecule has 0 saturated carbocycles. The monoisotopic (exact) mass is 393 g/mol. The number of likely N-dealkylation sites (tertiary alicyclic amines) is 2. The molecule has 29 heavy (non-hydrogen) atoms. The number of amides is 2. The van der Waals surface area contributed by atoms with Gasteiger partial charge >= 0.3 is 0 Å². The van der Waals surface area contributed by atoms with E-state index in [4.69, 9.17) is 0 Å². The maximum absolute atomic E-state index is 13.1. The van der Waals surface area contributed by atoms with Crippen LogP contribution in [0.4, 0.5) is 0 Å². The minimum Gasteiger partial charge on any atom is -0.353 e. The van der Waals surface area contributed by atoms with Crippen molar-refractivity contribution in [1.29, 1.82) is 0 Å². The molecular formula is C24H31N3O2. The number of nitrogens with zero attached hydrogens (tertiary/aromatic N) is 2. The minimum atomic E-state index is 0.0239. The average Bonchev–Trinajstić information content (AvgIpc) is 2.79. The van der Waals surface area contributed by atoms with Gasteiger partial charge in [0, 0.05) is 43.7 Å². The van der Waals surface area contributed by atoms with E-state index in [1.165, 1.54) is 0 Å². The highest BCUT2D eigenvalue weighted by atomic mass is 16.2. The van der Waals surface area contributed by atoms with E-state index in [-0.39, 0.29) is 17.7 Å². The largest absolute Gasteiger partial charge is 0.353 e. The van der Waals surface area contributed by atoms with Crippen molar-refractivity contribution < 1.29 is 9.59 Å². The lowest BCUT2D eigenvalue weighted by atomic mass is 9.94. The van der Waals surface area contributed by atoms with E-state index in [1.54, 1.807) is 0 Å². The Morgan fingerprint density at radius 1 is 0.931 bits per heavy atom. The predicted octanol–water partition coefficient (Wildman–Crippen LogP) is 3.29. The normalized spacial score (nSPS) is 19.4. The summed E-state index contributed by atoms with van der Waals surface area (Å²) < 4.78 is 0. The van der Waals surface area contributed by atoms with Gasteiger partial charge in [0.1, 0.15) is 0 Å². The van der Waals surface area contributed by atoms with Crippen LogP contribution in [0.25, 0.3) is 10.8 Å². The smallest absolute Gasteiger partial charge is 0.254 e. The Bertz CT molecular complexity index is 860. The van der Waals surface area contributed by atoms with E-state index in [1.807, 2.05) is 47.4 Å². The molecule has 2 heterocycles. The van der Waals surface area contributed by atoms with Crippen molar-refractivity contribution in [2.75, 3.05) is 32.7 Å². The summed E-state index contributed by atoms with van der Waals surface area (Å²) in [5, 5.41) is 5.35. The fraction of sp³-hybridized carbons (Fsp3) is 0.500. The highest BCUT2D eigenvalue weighted by molar-refractivity contribution is 6.07. The molecule has 2 aliphatic rings. The number of hydrogen-bond acceptors (Lipinski definition) is 3. The number of piperidine rings is 2. The van der Waals surface area contributed by atoms with Gasteiger partial charge in [-0.15, -0.1) is 0 Å². The number of rotatable bonds is 4. The van der Waals surface area contributed by atoms with Gasteiger partial charge in [-0.05, 0) is 49.1 Å². The minimum absolute atomic E-state index is 0.0239. The van der Waals surface area contributed by atoms with Gasteiger partial charge in [-0.25, -0.2) is 0 Å². The molecule has 2 aromatic carbocycles. The first-order chi connectivity index (χ1) is 14.2. The van der Waals surface area contributed by atoms with Crippen LogP contribution in [0, 0.1) is 5.92 Å². The Kier molecular flexibility index (Phi) is 6.14. The first-order valence-corrected chi connectivity index (χ1v) is 11.0. The lowest BCUT2D eigenvalue weighted by Crippen LogP contribution is -2.48. The van der Waals surface area contributed by atoms with Gasteiger partial charge in [0.05, 0.1) is 0 Å². The van der Waals surface area contributed by atoms with Gasteiger partial charge in [0.25, 0.3) is 5.91 Å². The Hall–Kier alpha value is -2.40. The van der Waals surface area contributed by atoms with Crippen molar-refractivity contribution >= 4 is 22.6 Å². The van der Waals surface area contributed by atoms with Crippen LogP contribution >= 0.6 is 0 Å². The second-order valence-corrected chi connectivity index (χ2v) is 8.31. The molecule has 0 bridgehead atoms. The van der Waals surface area contributed by atoms with Gasteiger partial charge in [0.2, 0.25) is 5.91 Å². The fourth-order valence-corrected chi connectivity index (χ4v) is 4.64. The lowest BCUT2D eigenvalue weighted by molar-refractivity contribution is -0.127. The Morgan fingerprint density at radius 3 is 2.34 bits per heavy atom. The van der Waals surface area contributed by atoms with Crippen LogP contribution in [0.5, 0.6) is 0 Å². The first kappa shape index (κ1) is 19.9. The number of fused-ring (bicyclic) bond motifs is 1. The molecule has 1 N–H and O–H groups in total.